The van der Waals surface area contributed by atoms with Gasteiger partial charge in [0.2, 0.25) is 5.78 Å². The van der Waals surface area contributed by atoms with Crippen LogP contribution >= 0.6 is 0 Å². The Bertz CT molecular complexity index is 346. The summed E-state index contributed by atoms with van der Waals surface area (Å²) < 4.78 is 12.5. The zero-order valence-electron chi connectivity index (χ0n) is 8.24. The predicted octanol–water partition coefficient (Wildman–Crippen LogP) is 0.798. The molecule has 1 aromatic heterocycles. The van der Waals surface area contributed by atoms with Gasteiger partial charge in [-0.05, 0) is 25.9 Å². The van der Waals surface area contributed by atoms with Crippen LogP contribution in [0.4, 0.5) is 4.39 Å². The molecule has 2 rings (SSSR count). The SMILES string of the molecule is O=C(c1ncc(F)cn1)C1CCNCC1. The monoisotopic (exact) mass is 209 g/mol. The highest BCUT2D eigenvalue weighted by atomic mass is 19.1. The molecule has 1 saturated heterocycles. The first-order valence-corrected chi connectivity index (χ1v) is 5.00. The molecule has 2 heterocycles. The number of nitrogens with zero attached hydrogens (tertiary/aromatic N) is 2. The number of nitrogens with one attached hydrogen (secondary N) is 1. The fraction of sp³-hybridized carbons (Fsp3) is 0.500. The zero-order valence-corrected chi connectivity index (χ0v) is 8.24. The number of halogens is 1. The fourth-order valence-electron chi connectivity index (χ4n) is 1.71. The number of Topliss-reactive ketones (excluding diaryl/α,β-unsaturated/α-hetero) is 1. The van der Waals surface area contributed by atoms with Crippen molar-refractivity contribution < 1.29 is 9.18 Å². The smallest absolute Gasteiger partial charge is 0.203 e. The lowest BCUT2D eigenvalue weighted by molar-refractivity contribution is 0.0884. The summed E-state index contributed by atoms with van der Waals surface area (Å²) in [5.41, 5.74) is 0. The maximum absolute atomic E-state index is 12.5. The van der Waals surface area contributed by atoms with E-state index < -0.39 is 5.82 Å². The number of carbonyl (C=O) groups excluding carboxylic acids is 1. The first kappa shape index (κ1) is 10.2. The van der Waals surface area contributed by atoms with Crippen molar-refractivity contribution in [3.8, 4) is 0 Å². The van der Waals surface area contributed by atoms with Gasteiger partial charge in [0.15, 0.2) is 11.6 Å². The van der Waals surface area contributed by atoms with Crippen LogP contribution in [0.5, 0.6) is 0 Å². The van der Waals surface area contributed by atoms with Gasteiger partial charge in [0, 0.05) is 5.92 Å². The van der Waals surface area contributed by atoms with Crippen LogP contribution in [0.2, 0.25) is 0 Å². The Balaban J connectivity index is 2.09. The van der Waals surface area contributed by atoms with E-state index in [9.17, 15) is 9.18 Å². The molecule has 1 aromatic rings. The Hall–Kier alpha value is -1.36. The highest BCUT2D eigenvalue weighted by Gasteiger charge is 2.23. The van der Waals surface area contributed by atoms with E-state index in [1.165, 1.54) is 0 Å². The second kappa shape index (κ2) is 4.44. The van der Waals surface area contributed by atoms with Crippen molar-refractivity contribution in [1.29, 1.82) is 0 Å². The van der Waals surface area contributed by atoms with Gasteiger partial charge in [-0.3, -0.25) is 4.79 Å². The molecule has 80 valence electrons. The Morgan fingerprint density at radius 2 is 1.93 bits per heavy atom. The number of rotatable bonds is 2. The molecule has 1 fully saturated rings. The van der Waals surface area contributed by atoms with Gasteiger partial charge in [-0.25, -0.2) is 14.4 Å². The van der Waals surface area contributed by atoms with Crippen LogP contribution < -0.4 is 5.32 Å². The normalized spacial score (nSPS) is 17.7. The summed E-state index contributed by atoms with van der Waals surface area (Å²) >= 11 is 0. The first-order chi connectivity index (χ1) is 7.27. The maximum Gasteiger partial charge on any atom is 0.203 e. The summed E-state index contributed by atoms with van der Waals surface area (Å²) in [4.78, 5) is 19.2. The van der Waals surface area contributed by atoms with Gasteiger partial charge in [-0.2, -0.15) is 0 Å². The summed E-state index contributed by atoms with van der Waals surface area (Å²) in [6.07, 6.45) is 3.67. The molecule has 0 saturated carbocycles. The zero-order chi connectivity index (χ0) is 10.7. The van der Waals surface area contributed by atoms with Gasteiger partial charge in [0.25, 0.3) is 0 Å². The van der Waals surface area contributed by atoms with E-state index in [-0.39, 0.29) is 17.5 Å². The van der Waals surface area contributed by atoms with Crippen LogP contribution in [0.15, 0.2) is 12.4 Å². The molecule has 0 aromatic carbocycles. The minimum absolute atomic E-state index is 0.0169. The first-order valence-electron chi connectivity index (χ1n) is 5.00. The quantitative estimate of drug-likeness (QED) is 0.732. The molecule has 15 heavy (non-hydrogen) atoms. The average molecular weight is 209 g/mol. The molecular weight excluding hydrogens is 197 g/mol. The van der Waals surface area contributed by atoms with E-state index in [2.05, 4.69) is 15.3 Å². The second-order valence-electron chi connectivity index (χ2n) is 3.61. The standard InChI is InChI=1S/C10H12FN3O/c11-8-5-13-10(14-6-8)9(15)7-1-3-12-4-2-7/h5-7,12H,1-4H2. The average Bonchev–Trinajstić information content (AvgIpc) is 2.30. The molecule has 4 nitrogen and oxygen atoms in total. The molecule has 0 amide bonds. The van der Waals surface area contributed by atoms with Crippen LogP contribution in [0.3, 0.4) is 0 Å². The van der Waals surface area contributed by atoms with Crippen molar-refractivity contribution >= 4 is 5.78 Å². The Kier molecular flexibility index (Phi) is 3.01. The van der Waals surface area contributed by atoms with Gasteiger partial charge in [-0.15, -0.1) is 0 Å². The summed E-state index contributed by atoms with van der Waals surface area (Å²) in [6.45, 7) is 1.69. The Morgan fingerprint density at radius 3 is 2.53 bits per heavy atom. The molecule has 1 aliphatic heterocycles. The van der Waals surface area contributed by atoms with E-state index >= 15 is 0 Å². The van der Waals surface area contributed by atoms with Crippen molar-refractivity contribution in [1.82, 2.24) is 15.3 Å². The van der Waals surface area contributed by atoms with Crippen molar-refractivity contribution in [3.05, 3.63) is 24.0 Å². The fourth-order valence-corrected chi connectivity index (χ4v) is 1.71. The molecule has 1 N–H and O–H groups in total. The lowest BCUT2D eigenvalue weighted by Gasteiger charge is -2.20. The van der Waals surface area contributed by atoms with Crippen LogP contribution in [0.25, 0.3) is 0 Å². The van der Waals surface area contributed by atoms with Crippen molar-refractivity contribution in [2.75, 3.05) is 13.1 Å². The number of piperidine rings is 1. The molecule has 1 aliphatic rings. The number of hydrogen-bond acceptors (Lipinski definition) is 4. The molecule has 0 spiro atoms. The molecule has 5 heteroatoms. The molecule has 0 aliphatic carbocycles. The Morgan fingerprint density at radius 1 is 1.33 bits per heavy atom. The summed E-state index contributed by atoms with van der Waals surface area (Å²) in [5, 5.41) is 3.18. The lowest BCUT2D eigenvalue weighted by Crippen LogP contribution is -2.32. The van der Waals surface area contributed by atoms with Gasteiger partial charge >= 0.3 is 0 Å². The van der Waals surface area contributed by atoms with E-state index in [1.807, 2.05) is 0 Å². The summed E-state index contributed by atoms with van der Waals surface area (Å²) in [6, 6.07) is 0. The van der Waals surface area contributed by atoms with E-state index in [0.29, 0.717) is 0 Å². The molecule has 0 bridgehead atoms. The number of ketones is 1. The van der Waals surface area contributed by atoms with Crippen molar-refractivity contribution in [3.63, 3.8) is 0 Å². The highest BCUT2D eigenvalue weighted by Crippen LogP contribution is 2.15. The molecule has 0 atom stereocenters. The minimum atomic E-state index is -0.517. The Labute approximate surface area is 86.9 Å². The summed E-state index contributed by atoms with van der Waals surface area (Å²) in [7, 11) is 0. The van der Waals surface area contributed by atoms with Crippen molar-refractivity contribution in [2.45, 2.75) is 12.8 Å². The van der Waals surface area contributed by atoms with Gasteiger partial charge in [-0.1, -0.05) is 0 Å². The van der Waals surface area contributed by atoms with Crippen LogP contribution in [-0.2, 0) is 0 Å². The molecule has 0 unspecified atom stereocenters. The lowest BCUT2D eigenvalue weighted by atomic mass is 9.93. The number of hydrogen-bond donors (Lipinski definition) is 1. The minimum Gasteiger partial charge on any atom is -0.317 e. The topological polar surface area (TPSA) is 54.9 Å². The van der Waals surface area contributed by atoms with Crippen LogP contribution in [0.1, 0.15) is 23.5 Å². The van der Waals surface area contributed by atoms with Gasteiger partial charge < -0.3 is 5.32 Å². The van der Waals surface area contributed by atoms with Gasteiger partial charge in [0.1, 0.15) is 0 Å². The van der Waals surface area contributed by atoms with E-state index in [0.717, 1.165) is 38.3 Å². The highest BCUT2D eigenvalue weighted by molar-refractivity contribution is 5.94. The number of carbonyl (C=O) groups is 1. The predicted molar refractivity (Wildman–Crippen MR) is 51.9 cm³/mol. The third-order valence-electron chi connectivity index (χ3n) is 2.55. The van der Waals surface area contributed by atoms with Crippen molar-refractivity contribution in [2.24, 2.45) is 5.92 Å². The largest absolute Gasteiger partial charge is 0.317 e. The third-order valence-corrected chi connectivity index (χ3v) is 2.55. The van der Waals surface area contributed by atoms with Crippen LogP contribution in [0, 0.1) is 11.7 Å². The number of aromatic nitrogens is 2. The maximum atomic E-state index is 12.5. The molecular formula is C10H12FN3O. The van der Waals surface area contributed by atoms with Crippen LogP contribution in [-0.4, -0.2) is 28.8 Å². The molecule has 0 radical (unpaired) electrons. The second-order valence-corrected chi connectivity index (χ2v) is 3.61. The van der Waals surface area contributed by atoms with E-state index in [1.54, 1.807) is 0 Å². The third kappa shape index (κ3) is 2.36. The van der Waals surface area contributed by atoms with Gasteiger partial charge in [0.05, 0.1) is 12.4 Å². The van der Waals surface area contributed by atoms with E-state index in [4.69, 9.17) is 0 Å². The summed E-state index contributed by atoms with van der Waals surface area (Å²) in [5.74, 6) is -0.478.